The lowest BCUT2D eigenvalue weighted by molar-refractivity contribution is 0.292. The number of nitrogens with zero attached hydrogens (tertiary/aromatic N) is 2. The number of nitrogens with two attached hydrogens (primary N) is 1. The standard InChI is InChI=1S/C14H17N3O3/c1-16-6-7-17(14(19)13(16)18)8-9-20-12-5-3-2-4-11(12)10-15/h2-7H,8-10,15H2,1H3. The Bertz CT molecular complexity index is 703. The number of hydrogen-bond acceptors (Lipinski definition) is 4. The van der Waals surface area contributed by atoms with E-state index in [2.05, 4.69) is 0 Å². The molecule has 0 saturated heterocycles. The fourth-order valence-electron chi connectivity index (χ4n) is 1.83. The average molecular weight is 275 g/mol. The van der Waals surface area contributed by atoms with Gasteiger partial charge in [-0.2, -0.15) is 0 Å². The molecular formula is C14H17N3O3. The molecule has 1 aromatic heterocycles. The van der Waals surface area contributed by atoms with Crippen molar-refractivity contribution in [3.8, 4) is 5.75 Å². The minimum absolute atomic E-state index is 0.296. The Morgan fingerprint density at radius 1 is 1.15 bits per heavy atom. The maximum Gasteiger partial charge on any atom is 0.316 e. The molecule has 6 heteroatoms. The Hall–Kier alpha value is -2.34. The number of hydrogen-bond donors (Lipinski definition) is 1. The van der Waals surface area contributed by atoms with Crippen LogP contribution in [0, 0.1) is 0 Å². The van der Waals surface area contributed by atoms with Gasteiger partial charge in [-0.1, -0.05) is 18.2 Å². The lowest BCUT2D eigenvalue weighted by Crippen LogP contribution is -2.40. The van der Waals surface area contributed by atoms with Gasteiger partial charge in [-0.25, -0.2) is 0 Å². The molecule has 2 aromatic rings. The van der Waals surface area contributed by atoms with Crippen molar-refractivity contribution < 1.29 is 4.74 Å². The van der Waals surface area contributed by atoms with E-state index in [0.29, 0.717) is 25.4 Å². The number of aromatic nitrogens is 2. The Morgan fingerprint density at radius 2 is 1.90 bits per heavy atom. The van der Waals surface area contributed by atoms with Crippen LogP contribution in [0.4, 0.5) is 0 Å². The van der Waals surface area contributed by atoms with E-state index in [1.54, 1.807) is 19.4 Å². The average Bonchev–Trinajstić information content (AvgIpc) is 2.47. The zero-order chi connectivity index (χ0) is 14.5. The second-order valence-electron chi connectivity index (χ2n) is 4.37. The van der Waals surface area contributed by atoms with E-state index in [1.165, 1.54) is 9.13 Å². The molecule has 0 aliphatic carbocycles. The molecule has 6 nitrogen and oxygen atoms in total. The smallest absolute Gasteiger partial charge is 0.316 e. The third kappa shape index (κ3) is 2.97. The first-order valence-corrected chi connectivity index (χ1v) is 6.30. The van der Waals surface area contributed by atoms with Crippen molar-refractivity contribution in [2.75, 3.05) is 6.61 Å². The number of benzene rings is 1. The van der Waals surface area contributed by atoms with Crippen LogP contribution in [0.2, 0.25) is 0 Å². The SMILES string of the molecule is Cn1ccn(CCOc2ccccc2CN)c(=O)c1=O. The summed E-state index contributed by atoms with van der Waals surface area (Å²) in [6.07, 6.45) is 3.12. The summed E-state index contributed by atoms with van der Waals surface area (Å²) in [7, 11) is 1.54. The molecule has 0 aliphatic rings. The fourth-order valence-corrected chi connectivity index (χ4v) is 1.83. The normalized spacial score (nSPS) is 10.5. The molecule has 106 valence electrons. The topological polar surface area (TPSA) is 79.2 Å². The van der Waals surface area contributed by atoms with Crippen LogP contribution in [0.15, 0.2) is 46.2 Å². The number of aryl methyl sites for hydroxylation is 1. The highest BCUT2D eigenvalue weighted by atomic mass is 16.5. The van der Waals surface area contributed by atoms with Crippen LogP contribution in [0.25, 0.3) is 0 Å². The summed E-state index contributed by atoms with van der Waals surface area (Å²) in [6.45, 7) is 1.000. The predicted octanol–water partition coefficient (Wildman–Crippen LogP) is 0.0847. The second-order valence-corrected chi connectivity index (χ2v) is 4.37. The maximum atomic E-state index is 11.7. The maximum absolute atomic E-state index is 11.7. The zero-order valence-electron chi connectivity index (χ0n) is 11.3. The molecular weight excluding hydrogens is 258 g/mol. The third-order valence-electron chi connectivity index (χ3n) is 3.02. The first kappa shape index (κ1) is 14.1. The molecule has 1 heterocycles. The summed E-state index contributed by atoms with van der Waals surface area (Å²) >= 11 is 0. The Balaban J connectivity index is 2.05. The lowest BCUT2D eigenvalue weighted by Gasteiger charge is -2.11. The first-order chi connectivity index (χ1) is 9.63. The van der Waals surface area contributed by atoms with E-state index in [-0.39, 0.29) is 0 Å². The van der Waals surface area contributed by atoms with Crippen molar-refractivity contribution >= 4 is 0 Å². The van der Waals surface area contributed by atoms with Gasteiger partial charge in [0, 0.05) is 31.5 Å². The van der Waals surface area contributed by atoms with Gasteiger partial charge < -0.3 is 19.6 Å². The van der Waals surface area contributed by atoms with Crippen LogP contribution < -0.4 is 21.6 Å². The molecule has 0 spiro atoms. The minimum Gasteiger partial charge on any atom is -0.491 e. The van der Waals surface area contributed by atoms with E-state index in [1.807, 2.05) is 24.3 Å². The summed E-state index contributed by atoms with van der Waals surface area (Å²) in [6, 6.07) is 7.47. The monoisotopic (exact) mass is 275 g/mol. The van der Waals surface area contributed by atoms with Crippen molar-refractivity contribution in [3.05, 3.63) is 62.9 Å². The number of rotatable bonds is 5. The Kier molecular flexibility index (Phi) is 4.37. The largest absolute Gasteiger partial charge is 0.491 e. The first-order valence-electron chi connectivity index (χ1n) is 6.30. The molecule has 0 radical (unpaired) electrons. The predicted molar refractivity (Wildman–Crippen MR) is 75.8 cm³/mol. The van der Waals surface area contributed by atoms with Crippen LogP contribution in [0.1, 0.15) is 5.56 Å². The zero-order valence-corrected chi connectivity index (χ0v) is 11.3. The van der Waals surface area contributed by atoms with Crippen molar-refractivity contribution in [1.82, 2.24) is 9.13 Å². The van der Waals surface area contributed by atoms with Crippen LogP contribution in [0.3, 0.4) is 0 Å². The highest BCUT2D eigenvalue weighted by Gasteiger charge is 2.04. The molecule has 0 aliphatic heterocycles. The van der Waals surface area contributed by atoms with Gasteiger partial charge in [0.05, 0.1) is 6.54 Å². The Morgan fingerprint density at radius 3 is 2.65 bits per heavy atom. The summed E-state index contributed by atoms with van der Waals surface area (Å²) in [5.41, 5.74) is 5.42. The van der Waals surface area contributed by atoms with E-state index in [0.717, 1.165) is 5.56 Å². The molecule has 2 N–H and O–H groups in total. The quantitative estimate of drug-likeness (QED) is 0.784. The molecule has 0 unspecified atom stereocenters. The van der Waals surface area contributed by atoms with Gasteiger partial charge in [0.2, 0.25) is 0 Å². The second kappa shape index (κ2) is 6.21. The summed E-state index contributed by atoms with van der Waals surface area (Å²) in [5.74, 6) is 0.701. The number of para-hydroxylation sites is 1. The van der Waals surface area contributed by atoms with Gasteiger partial charge in [0.15, 0.2) is 0 Å². The highest BCUT2D eigenvalue weighted by molar-refractivity contribution is 5.32. The van der Waals surface area contributed by atoms with E-state index < -0.39 is 11.1 Å². The molecule has 0 saturated carbocycles. The van der Waals surface area contributed by atoms with Crippen molar-refractivity contribution in [1.29, 1.82) is 0 Å². The minimum atomic E-state index is -0.550. The summed E-state index contributed by atoms with van der Waals surface area (Å²) < 4.78 is 8.20. The molecule has 20 heavy (non-hydrogen) atoms. The van der Waals surface area contributed by atoms with Gasteiger partial charge in [-0.15, -0.1) is 0 Å². The molecule has 2 rings (SSSR count). The van der Waals surface area contributed by atoms with Gasteiger partial charge in [0.1, 0.15) is 12.4 Å². The molecule has 0 atom stereocenters. The van der Waals surface area contributed by atoms with E-state index in [9.17, 15) is 9.59 Å². The third-order valence-corrected chi connectivity index (χ3v) is 3.02. The van der Waals surface area contributed by atoms with Crippen molar-refractivity contribution in [3.63, 3.8) is 0 Å². The van der Waals surface area contributed by atoms with Crippen LogP contribution in [0.5, 0.6) is 5.75 Å². The fraction of sp³-hybridized carbons (Fsp3) is 0.286. The van der Waals surface area contributed by atoms with Crippen molar-refractivity contribution in [2.45, 2.75) is 13.1 Å². The Labute approximate surface area is 116 Å². The van der Waals surface area contributed by atoms with Crippen molar-refractivity contribution in [2.24, 2.45) is 12.8 Å². The molecule has 1 aromatic carbocycles. The van der Waals surface area contributed by atoms with Gasteiger partial charge in [-0.3, -0.25) is 9.59 Å². The van der Waals surface area contributed by atoms with Crippen LogP contribution >= 0.6 is 0 Å². The van der Waals surface area contributed by atoms with E-state index in [4.69, 9.17) is 10.5 Å². The summed E-state index contributed by atoms with van der Waals surface area (Å²) in [5, 5.41) is 0. The lowest BCUT2D eigenvalue weighted by atomic mass is 10.2. The van der Waals surface area contributed by atoms with Gasteiger partial charge >= 0.3 is 11.1 Å². The molecule has 0 amide bonds. The van der Waals surface area contributed by atoms with E-state index >= 15 is 0 Å². The number of ether oxygens (including phenoxy) is 1. The molecule has 0 bridgehead atoms. The van der Waals surface area contributed by atoms with Crippen LogP contribution in [-0.4, -0.2) is 15.7 Å². The van der Waals surface area contributed by atoms with Gasteiger partial charge in [-0.05, 0) is 6.07 Å². The highest BCUT2D eigenvalue weighted by Crippen LogP contribution is 2.16. The molecule has 0 fully saturated rings. The summed E-state index contributed by atoms with van der Waals surface area (Å²) in [4.78, 5) is 23.2. The van der Waals surface area contributed by atoms with Crippen LogP contribution in [-0.2, 0) is 20.1 Å². The van der Waals surface area contributed by atoms with Gasteiger partial charge in [0.25, 0.3) is 0 Å².